The maximum atomic E-state index is 6.03. The fourth-order valence-corrected chi connectivity index (χ4v) is 3.10. The number of anilines is 1. The third-order valence-corrected chi connectivity index (χ3v) is 4.10. The van der Waals surface area contributed by atoms with Crippen molar-refractivity contribution in [1.29, 1.82) is 0 Å². The summed E-state index contributed by atoms with van der Waals surface area (Å²) in [6.45, 7) is 7.26. The van der Waals surface area contributed by atoms with Crippen LogP contribution >= 0.6 is 0 Å². The Morgan fingerprint density at radius 1 is 1.36 bits per heavy atom. The number of benzene rings is 1. The quantitative estimate of drug-likeness (QED) is 0.721. The van der Waals surface area contributed by atoms with Gasteiger partial charge < -0.3 is 14.8 Å². The molecule has 0 atom stereocenters. The fraction of sp³-hybridized carbons (Fsp3) is 0.389. The van der Waals surface area contributed by atoms with Crippen molar-refractivity contribution in [3.8, 4) is 11.5 Å². The number of ether oxygens (including phenoxy) is 2. The number of nitrogens with zero attached hydrogens (tertiary/aromatic N) is 4. The third-order valence-electron chi connectivity index (χ3n) is 4.10. The molecule has 25 heavy (non-hydrogen) atoms. The van der Waals surface area contributed by atoms with Gasteiger partial charge in [0.15, 0.2) is 11.5 Å². The first kappa shape index (κ1) is 15.7. The van der Waals surface area contributed by atoms with Gasteiger partial charge in [0.05, 0.1) is 6.54 Å². The molecule has 1 aliphatic heterocycles. The molecule has 0 aliphatic carbocycles. The van der Waals surface area contributed by atoms with Gasteiger partial charge in [0.1, 0.15) is 24.4 Å². The number of para-hydroxylation sites is 1. The van der Waals surface area contributed by atoms with Gasteiger partial charge in [-0.15, -0.1) is 0 Å². The summed E-state index contributed by atoms with van der Waals surface area (Å²) in [5.74, 6) is 3.09. The van der Waals surface area contributed by atoms with Crippen LogP contribution in [0.4, 0.5) is 5.82 Å². The van der Waals surface area contributed by atoms with Gasteiger partial charge in [-0.05, 0) is 26.8 Å². The van der Waals surface area contributed by atoms with Crippen LogP contribution in [-0.4, -0.2) is 38.3 Å². The standard InChI is InChI=1S/C18H21N5O2/c1-12-9-15(23-17(22-12)20-11-21-23)19-7-8-24-14-6-4-5-13-10-18(2,3)25-16(13)14/h4-6,9,11,19H,7-8,10H2,1-3H3. The predicted molar refractivity (Wildman–Crippen MR) is 94.4 cm³/mol. The monoisotopic (exact) mass is 339 g/mol. The van der Waals surface area contributed by atoms with E-state index in [1.165, 1.54) is 11.9 Å². The van der Waals surface area contributed by atoms with Gasteiger partial charge >= 0.3 is 0 Å². The maximum Gasteiger partial charge on any atom is 0.254 e. The molecule has 0 amide bonds. The minimum absolute atomic E-state index is 0.173. The Labute approximate surface area is 146 Å². The van der Waals surface area contributed by atoms with Crippen molar-refractivity contribution in [3.05, 3.63) is 41.9 Å². The zero-order valence-electron chi connectivity index (χ0n) is 14.6. The van der Waals surface area contributed by atoms with Crippen LogP contribution in [-0.2, 0) is 6.42 Å². The molecule has 2 aromatic heterocycles. The second-order valence-corrected chi connectivity index (χ2v) is 6.81. The number of hydrogen-bond donors (Lipinski definition) is 1. The van der Waals surface area contributed by atoms with Crippen molar-refractivity contribution in [2.75, 3.05) is 18.5 Å². The van der Waals surface area contributed by atoms with E-state index in [4.69, 9.17) is 9.47 Å². The predicted octanol–water partition coefficient (Wildman–Crippen LogP) is 2.64. The lowest BCUT2D eigenvalue weighted by atomic mass is 10.0. The highest BCUT2D eigenvalue weighted by Gasteiger charge is 2.32. The Morgan fingerprint density at radius 3 is 3.12 bits per heavy atom. The molecule has 0 unspecified atom stereocenters. The normalized spacial score (nSPS) is 15.0. The van der Waals surface area contributed by atoms with E-state index < -0.39 is 0 Å². The van der Waals surface area contributed by atoms with Crippen molar-refractivity contribution in [3.63, 3.8) is 0 Å². The molecule has 0 fully saturated rings. The summed E-state index contributed by atoms with van der Waals surface area (Å²) in [5.41, 5.74) is 1.91. The molecular formula is C18H21N5O2. The zero-order valence-corrected chi connectivity index (χ0v) is 14.6. The highest BCUT2D eigenvalue weighted by molar-refractivity contribution is 5.50. The van der Waals surface area contributed by atoms with Crippen molar-refractivity contribution >= 4 is 11.6 Å². The zero-order chi connectivity index (χ0) is 17.4. The summed E-state index contributed by atoms with van der Waals surface area (Å²) < 4.78 is 13.6. The van der Waals surface area contributed by atoms with E-state index in [2.05, 4.69) is 40.3 Å². The van der Waals surface area contributed by atoms with Gasteiger partial charge in [-0.3, -0.25) is 0 Å². The van der Waals surface area contributed by atoms with Crippen LogP contribution in [0, 0.1) is 6.92 Å². The minimum atomic E-state index is -0.173. The van der Waals surface area contributed by atoms with E-state index in [-0.39, 0.29) is 5.60 Å². The average Bonchev–Trinajstić information content (AvgIpc) is 3.13. The molecule has 0 bridgehead atoms. The third kappa shape index (κ3) is 3.09. The Morgan fingerprint density at radius 2 is 2.24 bits per heavy atom. The lowest BCUT2D eigenvalue weighted by Gasteiger charge is -2.18. The summed E-state index contributed by atoms with van der Waals surface area (Å²) in [6.07, 6.45) is 2.40. The second kappa shape index (κ2) is 5.91. The smallest absolute Gasteiger partial charge is 0.254 e. The number of aryl methyl sites for hydroxylation is 1. The summed E-state index contributed by atoms with van der Waals surface area (Å²) in [7, 11) is 0. The first-order valence-electron chi connectivity index (χ1n) is 8.37. The number of nitrogens with one attached hydrogen (secondary N) is 1. The Bertz CT molecular complexity index is 919. The van der Waals surface area contributed by atoms with Gasteiger partial charge in [-0.25, -0.2) is 4.98 Å². The second-order valence-electron chi connectivity index (χ2n) is 6.81. The summed E-state index contributed by atoms with van der Waals surface area (Å²) in [6, 6.07) is 7.99. The lowest BCUT2D eigenvalue weighted by molar-refractivity contribution is 0.132. The average molecular weight is 339 g/mol. The molecule has 0 saturated carbocycles. The molecule has 0 saturated heterocycles. The van der Waals surface area contributed by atoms with E-state index in [0.717, 1.165) is 29.4 Å². The lowest BCUT2D eigenvalue weighted by Crippen LogP contribution is -2.24. The van der Waals surface area contributed by atoms with Crippen LogP contribution < -0.4 is 14.8 Å². The molecule has 0 spiro atoms. The molecule has 3 aromatic rings. The molecule has 7 heteroatoms. The van der Waals surface area contributed by atoms with Crippen molar-refractivity contribution < 1.29 is 9.47 Å². The summed E-state index contributed by atoms with van der Waals surface area (Å²) in [5, 5.41) is 7.50. The first-order valence-corrected chi connectivity index (χ1v) is 8.37. The van der Waals surface area contributed by atoms with Crippen LogP contribution in [0.3, 0.4) is 0 Å². The highest BCUT2D eigenvalue weighted by atomic mass is 16.5. The number of fused-ring (bicyclic) bond motifs is 2. The molecule has 0 radical (unpaired) electrons. The summed E-state index contributed by atoms with van der Waals surface area (Å²) in [4.78, 5) is 8.45. The molecule has 1 aliphatic rings. The topological polar surface area (TPSA) is 73.6 Å². The summed E-state index contributed by atoms with van der Waals surface area (Å²) >= 11 is 0. The molecule has 4 rings (SSSR count). The minimum Gasteiger partial charge on any atom is -0.488 e. The van der Waals surface area contributed by atoms with Crippen molar-refractivity contribution in [1.82, 2.24) is 19.6 Å². The molecule has 3 heterocycles. The van der Waals surface area contributed by atoms with Crippen LogP contribution in [0.2, 0.25) is 0 Å². The molecule has 1 aromatic carbocycles. The van der Waals surface area contributed by atoms with Gasteiger partial charge in [0, 0.05) is 23.7 Å². The number of hydrogen-bond acceptors (Lipinski definition) is 6. The molecule has 7 nitrogen and oxygen atoms in total. The highest BCUT2D eigenvalue weighted by Crippen LogP contribution is 2.41. The van der Waals surface area contributed by atoms with Gasteiger partial charge in [-0.1, -0.05) is 12.1 Å². The van der Waals surface area contributed by atoms with E-state index in [0.29, 0.717) is 18.9 Å². The van der Waals surface area contributed by atoms with Gasteiger partial charge in [0.2, 0.25) is 0 Å². The molecular weight excluding hydrogens is 318 g/mol. The Hall–Kier alpha value is -2.83. The van der Waals surface area contributed by atoms with Crippen molar-refractivity contribution in [2.24, 2.45) is 0 Å². The van der Waals surface area contributed by atoms with Crippen LogP contribution in [0.15, 0.2) is 30.6 Å². The SMILES string of the molecule is Cc1cc(NCCOc2cccc3c2OC(C)(C)C3)n2ncnc2n1. The van der Waals surface area contributed by atoms with E-state index >= 15 is 0 Å². The largest absolute Gasteiger partial charge is 0.488 e. The maximum absolute atomic E-state index is 6.03. The first-order chi connectivity index (χ1) is 12.0. The van der Waals surface area contributed by atoms with Gasteiger partial charge in [0.25, 0.3) is 5.78 Å². The van der Waals surface area contributed by atoms with Crippen LogP contribution in [0.1, 0.15) is 25.1 Å². The molecule has 130 valence electrons. The van der Waals surface area contributed by atoms with E-state index in [1.54, 1.807) is 4.52 Å². The van der Waals surface area contributed by atoms with E-state index in [1.807, 2.05) is 25.1 Å². The number of rotatable bonds is 5. The number of aromatic nitrogens is 4. The fourth-order valence-electron chi connectivity index (χ4n) is 3.10. The van der Waals surface area contributed by atoms with E-state index in [9.17, 15) is 0 Å². The van der Waals surface area contributed by atoms with Crippen LogP contribution in [0.5, 0.6) is 11.5 Å². The van der Waals surface area contributed by atoms with Gasteiger partial charge in [-0.2, -0.15) is 14.6 Å². The van der Waals surface area contributed by atoms with Crippen LogP contribution in [0.25, 0.3) is 5.78 Å². The van der Waals surface area contributed by atoms with Crippen molar-refractivity contribution in [2.45, 2.75) is 32.8 Å². The molecule has 1 N–H and O–H groups in total. The Kier molecular flexibility index (Phi) is 3.71. The Balaban J connectivity index is 1.41.